The summed E-state index contributed by atoms with van der Waals surface area (Å²) in [7, 11) is 0. The van der Waals surface area contributed by atoms with Crippen molar-refractivity contribution in [3.05, 3.63) is 64.9 Å². The van der Waals surface area contributed by atoms with Crippen molar-refractivity contribution < 1.29 is 4.74 Å². The molecule has 1 fully saturated rings. The fourth-order valence-electron chi connectivity index (χ4n) is 3.17. The van der Waals surface area contributed by atoms with E-state index in [0.717, 1.165) is 31.1 Å². The summed E-state index contributed by atoms with van der Waals surface area (Å²) >= 11 is 1.72. The van der Waals surface area contributed by atoms with Gasteiger partial charge in [-0.05, 0) is 41.4 Å². The highest BCUT2D eigenvalue weighted by atomic mass is 32.1. The lowest BCUT2D eigenvalue weighted by molar-refractivity contribution is -0.0819. The van der Waals surface area contributed by atoms with Gasteiger partial charge in [0.2, 0.25) is 0 Å². The van der Waals surface area contributed by atoms with Crippen LogP contribution in [0.2, 0.25) is 0 Å². The molecule has 2 atom stereocenters. The molecule has 3 aromatic rings. The predicted molar refractivity (Wildman–Crippen MR) is 94.2 cm³/mol. The molecule has 0 spiro atoms. The molecule has 1 aromatic carbocycles. The zero-order chi connectivity index (χ0) is 16.4. The monoisotopic (exact) mass is 340 g/mol. The Morgan fingerprint density at radius 1 is 1.21 bits per heavy atom. The number of ether oxygens (including phenoxy) is 1. The molecule has 0 bridgehead atoms. The van der Waals surface area contributed by atoms with Crippen molar-refractivity contribution >= 4 is 11.3 Å². The van der Waals surface area contributed by atoms with Crippen molar-refractivity contribution in [1.29, 1.82) is 0 Å². The van der Waals surface area contributed by atoms with Crippen LogP contribution in [-0.2, 0) is 11.3 Å². The van der Waals surface area contributed by atoms with Crippen LogP contribution < -0.4 is 0 Å². The molecular weight excluding hydrogens is 320 g/mol. The minimum Gasteiger partial charge on any atom is -0.368 e. The zero-order valence-corrected chi connectivity index (χ0v) is 14.4. The first-order valence-corrected chi connectivity index (χ1v) is 9.08. The van der Waals surface area contributed by atoms with E-state index in [1.807, 2.05) is 35.0 Å². The molecule has 0 saturated carbocycles. The molecule has 4 rings (SSSR count). The molecule has 1 aliphatic rings. The molecule has 5 nitrogen and oxygen atoms in total. The van der Waals surface area contributed by atoms with Crippen LogP contribution in [0.25, 0.3) is 5.69 Å². The summed E-state index contributed by atoms with van der Waals surface area (Å²) in [5, 5.41) is 8.67. The number of benzene rings is 1. The highest BCUT2D eigenvalue weighted by molar-refractivity contribution is 7.07. The van der Waals surface area contributed by atoms with Crippen LogP contribution in [0.5, 0.6) is 0 Å². The topological polar surface area (TPSA) is 43.2 Å². The minimum absolute atomic E-state index is 0.132. The second-order valence-electron chi connectivity index (χ2n) is 6.11. The van der Waals surface area contributed by atoms with Gasteiger partial charge in [-0.15, -0.1) is 0 Å². The van der Waals surface area contributed by atoms with Crippen LogP contribution in [0.15, 0.2) is 53.5 Å². The van der Waals surface area contributed by atoms with Gasteiger partial charge < -0.3 is 4.74 Å². The largest absolute Gasteiger partial charge is 0.368 e. The summed E-state index contributed by atoms with van der Waals surface area (Å²) in [5.41, 5.74) is 2.31. The number of hydrogen-bond acceptors (Lipinski definition) is 5. The second kappa shape index (κ2) is 6.84. The standard InChI is InChI=1S/C18H20N4OS/c1-14-9-21(10-17(23-14)15-7-8-24-12-15)11-18-19-13-20-22(18)16-5-3-2-4-6-16/h2-8,12-14,17H,9-11H2,1H3/t14-,17+/m0/s1. The first-order valence-electron chi connectivity index (χ1n) is 8.14. The Morgan fingerprint density at radius 3 is 2.88 bits per heavy atom. The van der Waals surface area contributed by atoms with E-state index in [0.29, 0.717) is 0 Å². The summed E-state index contributed by atoms with van der Waals surface area (Å²) in [6.07, 6.45) is 1.97. The van der Waals surface area contributed by atoms with Gasteiger partial charge in [-0.3, -0.25) is 4.90 Å². The fraction of sp³-hybridized carbons (Fsp3) is 0.333. The van der Waals surface area contributed by atoms with Crippen molar-refractivity contribution in [3.8, 4) is 5.69 Å². The Morgan fingerprint density at radius 2 is 2.08 bits per heavy atom. The van der Waals surface area contributed by atoms with Crippen molar-refractivity contribution in [3.63, 3.8) is 0 Å². The Kier molecular flexibility index (Phi) is 4.42. The van der Waals surface area contributed by atoms with E-state index in [-0.39, 0.29) is 12.2 Å². The van der Waals surface area contributed by atoms with Crippen LogP contribution in [0.4, 0.5) is 0 Å². The molecule has 3 heterocycles. The molecule has 1 saturated heterocycles. The maximum Gasteiger partial charge on any atom is 0.146 e. The molecular formula is C18H20N4OS. The van der Waals surface area contributed by atoms with E-state index in [1.54, 1.807) is 17.7 Å². The van der Waals surface area contributed by atoms with E-state index in [2.05, 4.69) is 38.7 Å². The van der Waals surface area contributed by atoms with Crippen LogP contribution in [0.3, 0.4) is 0 Å². The van der Waals surface area contributed by atoms with Gasteiger partial charge in [-0.25, -0.2) is 9.67 Å². The Bertz CT molecular complexity index is 771. The lowest BCUT2D eigenvalue weighted by Gasteiger charge is -2.36. The number of aromatic nitrogens is 3. The highest BCUT2D eigenvalue weighted by Gasteiger charge is 2.27. The van der Waals surface area contributed by atoms with Gasteiger partial charge in [0.05, 0.1) is 24.4 Å². The average molecular weight is 340 g/mol. The molecule has 0 radical (unpaired) electrons. The molecule has 1 aliphatic heterocycles. The Labute approximate surface area is 145 Å². The molecule has 6 heteroatoms. The molecule has 0 N–H and O–H groups in total. The number of hydrogen-bond donors (Lipinski definition) is 0. The van der Waals surface area contributed by atoms with E-state index < -0.39 is 0 Å². The normalized spacial score (nSPS) is 21.9. The third-order valence-corrected chi connectivity index (χ3v) is 4.94. The first kappa shape index (κ1) is 15.5. The number of para-hydroxylation sites is 1. The highest BCUT2D eigenvalue weighted by Crippen LogP contribution is 2.27. The van der Waals surface area contributed by atoms with Crippen LogP contribution in [0, 0.1) is 0 Å². The van der Waals surface area contributed by atoms with Crippen molar-refractivity contribution in [2.75, 3.05) is 13.1 Å². The lowest BCUT2D eigenvalue weighted by Crippen LogP contribution is -2.42. The van der Waals surface area contributed by atoms with Crippen molar-refractivity contribution in [2.45, 2.75) is 25.7 Å². The summed E-state index contributed by atoms with van der Waals surface area (Å²) in [4.78, 5) is 6.87. The number of nitrogens with zero attached hydrogens (tertiary/aromatic N) is 4. The average Bonchev–Trinajstić information content (AvgIpc) is 3.27. The third kappa shape index (κ3) is 3.26. The SMILES string of the molecule is C[C@H]1CN(Cc2ncnn2-c2ccccc2)C[C@H](c2ccsc2)O1. The molecule has 0 amide bonds. The molecule has 24 heavy (non-hydrogen) atoms. The quantitative estimate of drug-likeness (QED) is 0.731. The van der Waals surface area contributed by atoms with Crippen LogP contribution >= 0.6 is 11.3 Å². The van der Waals surface area contributed by atoms with Crippen molar-refractivity contribution in [2.24, 2.45) is 0 Å². The maximum absolute atomic E-state index is 6.12. The minimum atomic E-state index is 0.132. The smallest absolute Gasteiger partial charge is 0.146 e. The third-order valence-electron chi connectivity index (χ3n) is 4.24. The summed E-state index contributed by atoms with van der Waals surface area (Å²) in [5.74, 6) is 0.958. The van der Waals surface area contributed by atoms with E-state index in [1.165, 1.54) is 5.56 Å². The Balaban J connectivity index is 1.52. The Hall–Kier alpha value is -2.02. The fourth-order valence-corrected chi connectivity index (χ4v) is 3.87. The van der Waals surface area contributed by atoms with E-state index >= 15 is 0 Å². The molecule has 0 aliphatic carbocycles. The van der Waals surface area contributed by atoms with Crippen LogP contribution in [0.1, 0.15) is 24.4 Å². The van der Waals surface area contributed by atoms with Gasteiger partial charge >= 0.3 is 0 Å². The van der Waals surface area contributed by atoms with Crippen molar-refractivity contribution in [1.82, 2.24) is 19.7 Å². The van der Waals surface area contributed by atoms with Gasteiger partial charge in [-0.1, -0.05) is 18.2 Å². The molecule has 124 valence electrons. The maximum atomic E-state index is 6.12. The summed E-state index contributed by atoms with van der Waals surface area (Å²) < 4.78 is 8.03. The molecule has 0 unspecified atom stereocenters. The summed E-state index contributed by atoms with van der Waals surface area (Å²) in [6, 6.07) is 12.3. The predicted octanol–water partition coefficient (Wildman–Crippen LogP) is 3.29. The molecule has 2 aromatic heterocycles. The van der Waals surface area contributed by atoms with Gasteiger partial charge in [0.1, 0.15) is 12.2 Å². The zero-order valence-electron chi connectivity index (χ0n) is 13.6. The van der Waals surface area contributed by atoms with Gasteiger partial charge in [0.15, 0.2) is 0 Å². The van der Waals surface area contributed by atoms with Gasteiger partial charge in [0.25, 0.3) is 0 Å². The second-order valence-corrected chi connectivity index (χ2v) is 6.89. The first-order chi connectivity index (χ1) is 11.8. The van der Waals surface area contributed by atoms with Gasteiger partial charge in [-0.2, -0.15) is 16.4 Å². The van der Waals surface area contributed by atoms with E-state index in [4.69, 9.17) is 4.74 Å². The number of thiophene rings is 1. The number of rotatable bonds is 4. The summed E-state index contributed by atoms with van der Waals surface area (Å²) in [6.45, 7) is 4.68. The lowest BCUT2D eigenvalue weighted by atomic mass is 10.1. The van der Waals surface area contributed by atoms with E-state index in [9.17, 15) is 0 Å². The number of morpholine rings is 1. The van der Waals surface area contributed by atoms with Gasteiger partial charge in [0, 0.05) is 13.1 Å². The van der Waals surface area contributed by atoms with Crippen LogP contribution in [-0.4, -0.2) is 38.9 Å².